The van der Waals surface area contributed by atoms with Crippen LogP contribution in [-0.4, -0.2) is 33.8 Å². The average Bonchev–Trinajstić information content (AvgIpc) is 3.22. The molecule has 1 aromatic heterocycles. The molecule has 0 radical (unpaired) electrons. The predicted octanol–water partition coefficient (Wildman–Crippen LogP) is 5.60. The van der Waals surface area contributed by atoms with Crippen LogP contribution >= 0.6 is 0 Å². The number of Topliss-reactive ketones (excluding diaryl/α,β-unsaturated/α-hetero) is 1. The SMILES string of the molecule is COc1ccccc1CN1C(=O)C(=O)/C(=C(\O)c2ccc(OCc3ccccc3)c(C)c2)C1c1ccccn1. The maximum absolute atomic E-state index is 13.4. The lowest BCUT2D eigenvalue weighted by atomic mass is 9.97. The van der Waals surface area contributed by atoms with Gasteiger partial charge in [0.15, 0.2) is 0 Å². The molecule has 3 aromatic carbocycles. The lowest BCUT2D eigenvalue weighted by Gasteiger charge is -2.25. The molecule has 0 spiro atoms. The van der Waals surface area contributed by atoms with Crippen molar-refractivity contribution in [1.82, 2.24) is 9.88 Å². The first kappa shape index (κ1) is 25.7. The Balaban J connectivity index is 1.51. The molecule has 2 heterocycles. The molecular formula is C32H28N2O5. The number of ether oxygens (including phenoxy) is 2. The molecule has 196 valence electrons. The Bertz CT molecular complexity index is 1530. The topological polar surface area (TPSA) is 89.0 Å². The van der Waals surface area contributed by atoms with E-state index in [0.29, 0.717) is 29.4 Å². The summed E-state index contributed by atoms with van der Waals surface area (Å²) in [5.41, 5.74) is 3.44. The Labute approximate surface area is 227 Å². The highest BCUT2D eigenvalue weighted by atomic mass is 16.5. The van der Waals surface area contributed by atoms with Crippen LogP contribution in [0.2, 0.25) is 0 Å². The maximum Gasteiger partial charge on any atom is 0.296 e. The molecule has 1 saturated heterocycles. The molecular weight excluding hydrogens is 492 g/mol. The van der Waals surface area contributed by atoms with Crippen LogP contribution in [-0.2, 0) is 22.7 Å². The van der Waals surface area contributed by atoms with E-state index in [-0.39, 0.29) is 17.9 Å². The monoisotopic (exact) mass is 520 g/mol. The van der Waals surface area contributed by atoms with E-state index < -0.39 is 17.7 Å². The van der Waals surface area contributed by atoms with Crippen LogP contribution < -0.4 is 9.47 Å². The number of amides is 1. The fourth-order valence-corrected chi connectivity index (χ4v) is 4.75. The van der Waals surface area contributed by atoms with Crippen LogP contribution in [0.1, 0.15) is 34.0 Å². The average molecular weight is 521 g/mol. The molecule has 0 aliphatic carbocycles. The Morgan fingerprint density at radius 1 is 0.923 bits per heavy atom. The molecule has 1 N–H and O–H groups in total. The Hall–Kier alpha value is -4.91. The number of carbonyl (C=O) groups is 2. The normalized spacial score (nSPS) is 16.4. The second-order valence-corrected chi connectivity index (χ2v) is 9.25. The van der Waals surface area contributed by atoms with E-state index in [1.165, 1.54) is 4.90 Å². The molecule has 1 unspecified atom stereocenters. The van der Waals surface area contributed by atoms with Gasteiger partial charge in [-0.1, -0.05) is 54.6 Å². The lowest BCUT2D eigenvalue weighted by Crippen LogP contribution is -2.29. The van der Waals surface area contributed by atoms with Gasteiger partial charge in [0.2, 0.25) is 0 Å². The third-order valence-electron chi connectivity index (χ3n) is 6.73. The number of aliphatic hydroxyl groups is 1. The van der Waals surface area contributed by atoms with Gasteiger partial charge in [0, 0.05) is 17.3 Å². The largest absolute Gasteiger partial charge is 0.507 e. The van der Waals surface area contributed by atoms with Gasteiger partial charge in [-0.25, -0.2) is 0 Å². The summed E-state index contributed by atoms with van der Waals surface area (Å²) in [4.78, 5) is 32.6. The molecule has 0 saturated carbocycles. The first-order valence-corrected chi connectivity index (χ1v) is 12.6. The number of rotatable bonds is 8. The number of para-hydroxylation sites is 1. The molecule has 0 bridgehead atoms. The van der Waals surface area contributed by atoms with Crippen LogP contribution in [0, 0.1) is 6.92 Å². The number of methoxy groups -OCH3 is 1. The van der Waals surface area contributed by atoms with Gasteiger partial charge in [-0.2, -0.15) is 0 Å². The zero-order chi connectivity index (χ0) is 27.4. The number of aliphatic hydroxyl groups excluding tert-OH is 1. The Morgan fingerprint density at radius 2 is 1.67 bits per heavy atom. The van der Waals surface area contributed by atoms with Crippen LogP contribution in [0.15, 0.2) is 103 Å². The summed E-state index contributed by atoms with van der Waals surface area (Å²) in [5.74, 6) is -0.476. The van der Waals surface area contributed by atoms with E-state index in [1.54, 1.807) is 55.8 Å². The number of nitrogens with zero attached hydrogens (tertiary/aromatic N) is 2. The highest BCUT2D eigenvalue weighted by Gasteiger charge is 2.47. The molecule has 39 heavy (non-hydrogen) atoms. The summed E-state index contributed by atoms with van der Waals surface area (Å²) in [7, 11) is 1.55. The Kier molecular flexibility index (Phi) is 7.41. The van der Waals surface area contributed by atoms with Crippen molar-refractivity contribution in [1.29, 1.82) is 0 Å². The standard InChI is InChI=1S/C32H28N2O5/c1-21-18-23(15-16-26(21)39-20-22-10-4-3-5-11-22)30(35)28-29(25-13-8-9-17-33-25)34(32(37)31(28)36)19-24-12-6-7-14-27(24)38-2/h3-18,29,35H,19-20H2,1-2H3/b30-28-. The molecule has 1 aliphatic rings. The predicted molar refractivity (Wildman–Crippen MR) is 147 cm³/mol. The van der Waals surface area contributed by atoms with Crippen LogP contribution in [0.5, 0.6) is 11.5 Å². The van der Waals surface area contributed by atoms with Crippen LogP contribution in [0.25, 0.3) is 5.76 Å². The number of ketones is 1. The fourth-order valence-electron chi connectivity index (χ4n) is 4.75. The van der Waals surface area contributed by atoms with Crippen molar-refractivity contribution in [3.8, 4) is 11.5 Å². The zero-order valence-corrected chi connectivity index (χ0v) is 21.7. The van der Waals surface area contributed by atoms with Gasteiger partial charge in [0.05, 0.1) is 24.9 Å². The zero-order valence-electron chi connectivity index (χ0n) is 21.7. The third kappa shape index (κ3) is 5.25. The highest BCUT2D eigenvalue weighted by molar-refractivity contribution is 6.46. The third-order valence-corrected chi connectivity index (χ3v) is 6.73. The molecule has 1 aliphatic heterocycles. The van der Waals surface area contributed by atoms with Crippen LogP contribution in [0.4, 0.5) is 0 Å². The van der Waals surface area contributed by atoms with E-state index >= 15 is 0 Å². The van der Waals surface area contributed by atoms with Gasteiger partial charge in [0.25, 0.3) is 11.7 Å². The van der Waals surface area contributed by atoms with Crippen molar-refractivity contribution in [2.24, 2.45) is 0 Å². The number of aromatic nitrogens is 1. The lowest BCUT2D eigenvalue weighted by molar-refractivity contribution is -0.140. The molecule has 7 nitrogen and oxygen atoms in total. The molecule has 5 rings (SSSR count). The summed E-state index contributed by atoms with van der Waals surface area (Å²) in [5, 5.41) is 11.4. The van der Waals surface area contributed by atoms with Crippen molar-refractivity contribution in [2.45, 2.75) is 26.1 Å². The first-order chi connectivity index (χ1) is 19.0. The van der Waals surface area contributed by atoms with Gasteiger partial charge in [-0.15, -0.1) is 0 Å². The molecule has 4 aromatic rings. The molecule has 1 atom stereocenters. The Morgan fingerprint density at radius 3 is 2.38 bits per heavy atom. The number of hydrogen-bond acceptors (Lipinski definition) is 6. The highest BCUT2D eigenvalue weighted by Crippen LogP contribution is 2.40. The van der Waals surface area contributed by atoms with Gasteiger partial charge in [-0.05, 0) is 54.4 Å². The number of hydrogen-bond donors (Lipinski definition) is 1. The van der Waals surface area contributed by atoms with E-state index in [0.717, 1.165) is 16.7 Å². The van der Waals surface area contributed by atoms with Gasteiger partial charge in [0.1, 0.15) is 29.9 Å². The van der Waals surface area contributed by atoms with E-state index in [9.17, 15) is 14.7 Å². The minimum Gasteiger partial charge on any atom is -0.507 e. The van der Waals surface area contributed by atoms with Crippen molar-refractivity contribution >= 4 is 17.4 Å². The van der Waals surface area contributed by atoms with E-state index in [2.05, 4.69) is 4.98 Å². The van der Waals surface area contributed by atoms with Crippen molar-refractivity contribution in [3.05, 3.63) is 131 Å². The van der Waals surface area contributed by atoms with Gasteiger partial charge in [-0.3, -0.25) is 14.6 Å². The number of likely N-dealkylation sites (tertiary alicyclic amines) is 1. The maximum atomic E-state index is 13.4. The summed E-state index contributed by atoms with van der Waals surface area (Å²) in [6.07, 6.45) is 1.60. The smallest absolute Gasteiger partial charge is 0.296 e. The summed E-state index contributed by atoms with van der Waals surface area (Å²) < 4.78 is 11.4. The molecule has 1 amide bonds. The second kappa shape index (κ2) is 11.2. The first-order valence-electron chi connectivity index (χ1n) is 12.6. The van der Waals surface area contributed by atoms with Gasteiger partial charge < -0.3 is 19.5 Å². The van der Waals surface area contributed by atoms with Crippen molar-refractivity contribution in [3.63, 3.8) is 0 Å². The fraction of sp³-hybridized carbons (Fsp3) is 0.156. The summed E-state index contributed by atoms with van der Waals surface area (Å²) in [6.45, 7) is 2.38. The van der Waals surface area contributed by atoms with Crippen molar-refractivity contribution in [2.75, 3.05) is 7.11 Å². The molecule has 7 heteroatoms. The number of aryl methyl sites for hydroxylation is 1. The summed E-state index contributed by atoms with van der Waals surface area (Å²) in [6, 6.07) is 26.7. The van der Waals surface area contributed by atoms with Crippen LogP contribution in [0.3, 0.4) is 0 Å². The quantitative estimate of drug-likeness (QED) is 0.185. The van der Waals surface area contributed by atoms with E-state index in [4.69, 9.17) is 9.47 Å². The molecule has 1 fully saturated rings. The van der Waals surface area contributed by atoms with Crippen molar-refractivity contribution < 1.29 is 24.2 Å². The summed E-state index contributed by atoms with van der Waals surface area (Å²) >= 11 is 0. The minimum atomic E-state index is -0.870. The second-order valence-electron chi connectivity index (χ2n) is 9.25. The van der Waals surface area contributed by atoms with E-state index in [1.807, 2.05) is 55.5 Å². The number of benzene rings is 3. The minimum absolute atomic E-state index is 0.00838. The number of pyridine rings is 1. The van der Waals surface area contributed by atoms with Gasteiger partial charge >= 0.3 is 0 Å². The number of carbonyl (C=O) groups excluding carboxylic acids is 2.